The first kappa shape index (κ1) is 10.7. The molecule has 0 aliphatic carbocycles. The number of hydrogen-bond acceptors (Lipinski definition) is 3. The van der Waals surface area contributed by atoms with Crippen molar-refractivity contribution in [1.29, 1.82) is 0 Å². The number of phenols is 2. The minimum absolute atomic E-state index is 0.115. The van der Waals surface area contributed by atoms with Gasteiger partial charge in [-0.05, 0) is 24.5 Å². The van der Waals surface area contributed by atoms with E-state index in [2.05, 4.69) is 0 Å². The zero-order chi connectivity index (χ0) is 10.7. The van der Waals surface area contributed by atoms with Gasteiger partial charge < -0.3 is 14.9 Å². The van der Waals surface area contributed by atoms with E-state index in [0.717, 1.165) is 24.0 Å². The average molecular weight is 196 g/mol. The smallest absolute Gasteiger partial charge is 0.200 e. The lowest BCUT2D eigenvalue weighted by Gasteiger charge is -2.14. The highest BCUT2D eigenvalue weighted by Crippen LogP contribution is 2.40. The molecule has 0 amide bonds. The molecule has 2 N–H and O–H groups in total. The number of methoxy groups -OCH3 is 1. The van der Waals surface area contributed by atoms with Crippen LogP contribution in [0.3, 0.4) is 0 Å². The molecular weight excluding hydrogens is 180 g/mol. The highest BCUT2D eigenvalue weighted by molar-refractivity contribution is 5.57. The minimum Gasteiger partial charge on any atom is -0.504 e. The zero-order valence-corrected chi connectivity index (χ0v) is 8.79. The maximum absolute atomic E-state index is 9.55. The van der Waals surface area contributed by atoms with Gasteiger partial charge in [-0.15, -0.1) is 0 Å². The molecule has 0 fully saturated rings. The second-order valence-corrected chi connectivity index (χ2v) is 3.12. The fraction of sp³-hybridized carbons (Fsp3) is 0.455. The molecule has 1 rings (SSSR count). The Hall–Kier alpha value is -1.38. The summed E-state index contributed by atoms with van der Waals surface area (Å²) < 4.78 is 5.08. The topological polar surface area (TPSA) is 49.7 Å². The number of hydrogen-bond donors (Lipinski definition) is 2. The van der Waals surface area contributed by atoms with Crippen LogP contribution in [0.25, 0.3) is 0 Å². The monoisotopic (exact) mass is 196 g/mol. The van der Waals surface area contributed by atoms with Gasteiger partial charge in [0.15, 0.2) is 11.5 Å². The molecule has 3 heteroatoms. The summed E-state index contributed by atoms with van der Waals surface area (Å²) in [5.41, 5.74) is 1.98. The molecule has 14 heavy (non-hydrogen) atoms. The van der Waals surface area contributed by atoms with Crippen molar-refractivity contribution < 1.29 is 14.9 Å². The van der Waals surface area contributed by atoms with E-state index in [0.29, 0.717) is 5.75 Å². The highest BCUT2D eigenvalue weighted by Gasteiger charge is 2.15. The van der Waals surface area contributed by atoms with E-state index in [1.54, 1.807) is 6.07 Å². The molecule has 0 saturated carbocycles. The van der Waals surface area contributed by atoms with Crippen LogP contribution in [0.2, 0.25) is 0 Å². The molecule has 0 heterocycles. The summed E-state index contributed by atoms with van der Waals surface area (Å²) in [6.45, 7) is 4.00. The summed E-state index contributed by atoms with van der Waals surface area (Å²) in [5, 5.41) is 19.0. The number of benzene rings is 1. The third-order valence-corrected chi connectivity index (χ3v) is 2.37. The van der Waals surface area contributed by atoms with Crippen molar-refractivity contribution >= 4 is 0 Å². The molecule has 0 aromatic heterocycles. The van der Waals surface area contributed by atoms with Crippen LogP contribution in [0.15, 0.2) is 6.07 Å². The molecule has 0 aliphatic heterocycles. The lowest BCUT2D eigenvalue weighted by Crippen LogP contribution is -1.97. The Bertz CT molecular complexity index is 332. The molecular formula is C11H16O3. The molecule has 0 atom stereocenters. The van der Waals surface area contributed by atoms with Crippen LogP contribution >= 0.6 is 0 Å². The van der Waals surface area contributed by atoms with Crippen molar-refractivity contribution in [1.82, 2.24) is 0 Å². The molecule has 3 nitrogen and oxygen atoms in total. The van der Waals surface area contributed by atoms with Crippen LogP contribution in [-0.2, 0) is 12.8 Å². The van der Waals surface area contributed by atoms with Gasteiger partial charge in [0.1, 0.15) is 0 Å². The molecule has 0 aliphatic rings. The molecule has 1 aromatic carbocycles. The van der Waals surface area contributed by atoms with Crippen LogP contribution in [0.5, 0.6) is 17.2 Å². The predicted octanol–water partition coefficient (Wildman–Crippen LogP) is 2.23. The van der Waals surface area contributed by atoms with Crippen LogP contribution < -0.4 is 4.74 Å². The standard InChI is InChI=1S/C11H16O3/c1-4-7-6-9(12)10(13)11(14-3)8(7)5-2/h6,12-13H,4-5H2,1-3H3. The Morgan fingerprint density at radius 2 is 1.86 bits per heavy atom. The number of aryl methyl sites for hydroxylation is 1. The van der Waals surface area contributed by atoms with Gasteiger partial charge in [-0.1, -0.05) is 13.8 Å². The molecule has 0 bridgehead atoms. The van der Waals surface area contributed by atoms with Gasteiger partial charge in [-0.3, -0.25) is 0 Å². The van der Waals surface area contributed by atoms with Crippen molar-refractivity contribution in [3.63, 3.8) is 0 Å². The number of phenolic OH excluding ortho intramolecular Hbond substituents is 2. The zero-order valence-electron chi connectivity index (χ0n) is 8.79. The van der Waals surface area contributed by atoms with Crippen molar-refractivity contribution in [3.8, 4) is 17.2 Å². The minimum atomic E-state index is -0.165. The third kappa shape index (κ3) is 1.62. The van der Waals surface area contributed by atoms with E-state index in [4.69, 9.17) is 4.74 Å². The Balaban J connectivity index is 3.42. The highest BCUT2D eigenvalue weighted by atomic mass is 16.5. The number of rotatable bonds is 3. The lowest BCUT2D eigenvalue weighted by molar-refractivity contribution is 0.347. The first-order valence-corrected chi connectivity index (χ1v) is 4.76. The number of ether oxygens (including phenoxy) is 1. The molecule has 0 saturated heterocycles. The first-order chi connectivity index (χ1) is 6.65. The first-order valence-electron chi connectivity index (χ1n) is 4.76. The van der Waals surface area contributed by atoms with Gasteiger partial charge in [0.25, 0.3) is 0 Å². The van der Waals surface area contributed by atoms with Crippen molar-refractivity contribution in [3.05, 3.63) is 17.2 Å². The van der Waals surface area contributed by atoms with E-state index < -0.39 is 0 Å². The summed E-state index contributed by atoms with van der Waals surface area (Å²) in [6.07, 6.45) is 1.59. The summed E-state index contributed by atoms with van der Waals surface area (Å²) in [6, 6.07) is 1.59. The average Bonchev–Trinajstić information content (AvgIpc) is 2.20. The van der Waals surface area contributed by atoms with Crippen molar-refractivity contribution in [2.24, 2.45) is 0 Å². The molecule has 1 aromatic rings. The fourth-order valence-electron chi connectivity index (χ4n) is 1.65. The lowest BCUT2D eigenvalue weighted by atomic mass is 10.0. The fourth-order valence-corrected chi connectivity index (χ4v) is 1.65. The van der Waals surface area contributed by atoms with E-state index in [1.807, 2.05) is 13.8 Å². The molecule has 0 radical (unpaired) electrons. The molecule has 78 valence electrons. The van der Waals surface area contributed by atoms with Gasteiger partial charge in [-0.25, -0.2) is 0 Å². The van der Waals surface area contributed by atoms with E-state index in [1.165, 1.54) is 7.11 Å². The normalized spacial score (nSPS) is 10.2. The van der Waals surface area contributed by atoms with Crippen molar-refractivity contribution in [2.75, 3.05) is 7.11 Å². The second-order valence-electron chi connectivity index (χ2n) is 3.12. The van der Waals surface area contributed by atoms with Gasteiger partial charge in [0.2, 0.25) is 5.75 Å². The van der Waals surface area contributed by atoms with Gasteiger partial charge >= 0.3 is 0 Å². The Morgan fingerprint density at radius 1 is 1.21 bits per heavy atom. The summed E-state index contributed by atoms with van der Waals surface area (Å²) in [4.78, 5) is 0. The third-order valence-electron chi connectivity index (χ3n) is 2.37. The molecule has 0 unspecified atom stereocenters. The molecule has 0 spiro atoms. The number of aromatic hydroxyl groups is 2. The predicted molar refractivity (Wildman–Crippen MR) is 55.1 cm³/mol. The van der Waals surface area contributed by atoms with Crippen LogP contribution in [-0.4, -0.2) is 17.3 Å². The largest absolute Gasteiger partial charge is 0.504 e. The van der Waals surface area contributed by atoms with Gasteiger partial charge in [-0.2, -0.15) is 0 Å². The van der Waals surface area contributed by atoms with E-state index >= 15 is 0 Å². The van der Waals surface area contributed by atoms with Crippen molar-refractivity contribution in [2.45, 2.75) is 26.7 Å². The van der Waals surface area contributed by atoms with Crippen LogP contribution in [0, 0.1) is 0 Å². The summed E-state index contributed by atoms with van der Waals surface area (Å²) in [7, 11) is 1.49. The van der Waals surface area contributed by atoms with Gasteiger partial charge in [0.05, 0.1) is 7.11 Å². The van der Waals surface area contributed by atoms with E-state index in [9.17, 15) is 10.2 Å². The van der Waals surface area contributed by atoms with Crippen LogP contribution in [0.4, 0.5) is 0 Å². The SMILES string of the molecule is CCc1cc(O)c(O)c(OC)c1CC. The Kier molecular flexibility index (Phi) is 3.23. The van der Waals surface area contributed by atoms with Gasteiger partial charge in [0, 0.05) is 5.56 Å². The Labute approximate surface area is 84.0 Å². The second kappa shape index (κ2) is 4.22. The summed E-state index contributed by atoms with van der Waals surface area (Å²) >= 11 is 0. The van der Waals surface area contributed by atoms with E-state index in [-0.39, 0.29) is 11.5 Å². The quantitative estimate of drug-likeness (QED) is 0.729. The maximum Gasteiger partial charge on any atom is 0.200 e. The Morgan fingerprint density at radius 3 is 2.29 bits per heavy atom. The maximum atomic E-state index is 9.55. The van der Waals surface area contributed by atoms with Crippen LogP contribution in [0.1, 0.15) is 25.0 Å². The summed E-state index contributed by atoms with van der Waals surface area (Å²) in [5.74, 6) is 0.113.